The van der Waals surface area contributed by atoms with Crippen LogP contribution in [0.4, 0.5) is 0 Å². The van der Waals surface area contributed by atoms with Crippen LogP contribution in [0.25, 0.3) is 0 Å². The van der Waals surface area contributed by atoms with Crippen LogP contribution in [-0.2, 0) is 4.74 Å². The van der Waals surface area contributed by atoms with E-state index in [-0.39, 0.29) is 22.8 Å². The van der Waals surface area contributed by atoms with Crippen LogP contribution in [0, 0.1) is 0 Å². The minimum Gasteiger partial charge on any atom is -0.504 e. The van der Waals surface area contributed by atoms with Crippen molar-refractivity contribution < 1.29 is 33.6 Å². The molecular weight excluding hydrogens is 328 g/mol. The lowest BCUT2D eigenvalue weighted by molar-refractivity contribution is 0.0473. The number of phenols is 1. The van der Waals surface area contributed by atoms with Gasteiger partial charge in [-0.05, 0) is 12.1 Å². The maximum Gasteiger partial charge on any atom is 0.338 e. The van der Waals surface area contributed by atoms with E-state index in [0.29, 0.717) is 5.56 Å². The van der Waals surface area contributed by atoms with Crippen LogP contribution < -0.4 is 14.2 Å². The van der Waals surface area contributed by atoms with E-state index in [1.165, 1.54) is 27.4 Å². The number of benzene rings is 2. The molecule has 0 aliphatic heterocycles. The Bertz CT molecular complexity index is 769. The van der Waals surface area contributed by atoms with Gasteiger partial charge >= 0.3 is 5.97 Å². The molecule has 0 spiro atoms. The van der Waals surface area contributed by atoms with Gasteiger partial charge in [0, 0.05) is 6.07 Å². The lowest BCUT2D eigenvalue weighted by Crippen LogP contribution is -2.15. The molecule has 2 rings (SSSR count). The first-order chi connectivity index (χ1) is 12.0. The molecular formula is C18H18O7. The maximum atomic E-state index is 12.4. The molecule has 0 bridgehead atoms. The van der Waals surface area contributed by atoms with Crippen molar-refractivity contribution in [2.24, 2.45) is 0 Å². The molecule has 7 heteroatoms. The van der Waals surface area contributed by atoms with Gasteiger partial charge in [0.15, 0.2) is 18.1 Å². The van der Waals surface area contributed by atoms with Crippen molar-refractivity contribution in [2.45, 2.75) is 0 Å². The van der Waals surface area contributed by atoms with Crippen molar-refractivity contribution >= 4 is 11.8 Å². The molecule has 0 heterocycles. The molecule has 7 nitrogen and oxygen atoms in total. The summed E-state index contributed by atoms with van der Waals surface area (Å²) in [6.45, 7) is -0.562. The largest absolute Gasteiger partial charge is 0.504 e. The standard InChI is InChI=1S/C18H18O7/c1-22-13-9-14(23-2)17(24-3)16(20)15(13)12(19)10-25-18(21)11-7-5-4-6-8-11/h4-9,20H,10H2,1-3H3. The van der Waals surface area contributed by atoms with Crippen molar-refractivity contribution in [3.8, 4) is 23.0 Å². The predicted molar refractivity (Wildman–Crippen MR) is 88.8 cm³/mol. The Morgan fingerprint density at radius 2 is 1.60 bits per heavy atom. The van der Waals surface area contributed by atoms with Crippen LogP contribution in [0.3, 0.4) is 0 Å². The van der Waals surface area contributed by atoms with E-state index < -0.39 is 24.1 Å². The number of carbonyl (C=O) groups is 2. The average Bonchev–Trinajstić information content (AvgIpc) is 2.65. The summed E-state index contributed by atoms with van der Waals surface area (Å²) >= 11 is 0. The number of hydrogen-bond donors (Lipinski definition) is 1. The van der Waals surface area contributed by atoms with E-state index in [9.17, 15) is 14.7 Å². The van der Waals surface area contributed by atoms with Gasteiger partial charge in [-0.15, -0.1) is 0 Å². The number of Topliss-reactive ketones (excluding diaryl/α,β-unsaturated/α-hetero) is 1. The summed E-state index contributed by atoms with van der Waals surface area (Å²) in [6.07, 6.45) is 0. The quantitative estimate of drug-likeness (QED) is 0.608. The zero-order valence-corrected chi connectivity index (χ0v) is 14.1. The smallest absolute Gasteiger partial charge is 0.338 e. The molecule has 0 atom stereocenters. The van der Waals surface area contributed by atoms with Gasteiger partial charge in [0.1, 0.15) is 11.3 Å². The van der Waals surface area contributed by atoms with E-state index in [2.05, 4.69) is 0 Å². The first kappa shape index (κ1) is 18.1. The van der Waals surface area contributed by atoms with Gasteiger partial charge in [0.2, 0.25) is 11.5 Å². The number of phenolic OH excluding ortho intramolecular Hbond substituents is 1. The molecule has 25 heavy (non-hydrogen) atoms. The SMILES string of the molecule is COc1cc(OC)c(C(=O)COC(=O)c2ccccc2)c(O)c1OC. The Hall–Kier alpha value is -3.22. The lowest BCUT2D eigenvalue weighted by Gasteiger charge is -2.15. The van der Waals surface area contributed by atoms with Gasteiger partial charge in [-0.3, -0.25) is 4.79 Å². The number of esters is 1. The third-order valence-corrected chi connectivity index (χ3v) is 3.45. The fourth-order valence-electron chi connectivity index (χ4n) is 2.24. The Kier molecular flexibility index (Phi) is 5.84. The van der Waals surface area contributed by atoms with Gasteiger partial charge in [0.05, 0.1) is 26.9 Å². The minimum absolute atomic E-state index is 0.0129. The number of ketones is 1. The number of hydrogen-bond acceptors (Lipinski definition) is 7. The molecule has 2 aromatic carbocycles. The van der Waals surface area contributed by atoms with Crippen LogP contribution in [0.2, 0.25) is 0 Å². The molecule has 0 unspecified atom stereocenters. The Morgan fingerprint density at radius 3 is 2.16 bits per heavy atom. The molecule has 0 aliphatic rings. The second-order valence-corrected chi connectivity index (χ2v) is 4.90. The zero-order valence-electron chi connectivity index (χ0n) is 14.1. The molecule has 0 aromatic heterocycles. The third-order valence-electron chi connectivity index (χ3n) is 3.45. The van der Waals surface area contributed by atoms with Gasteiger partial charge in [-0.1, -0.05) is 18.2 Å². The summed E-state index contributed by atoms with van der Waals surface area (Å²) in [6, 6.07) is 9.67. The van der Waals surface area contributed by atoms with Gasteiger partial charge in [-0.25, -0.2) is 4.79 Å². The van der Waals surface area contributed by atoms with Crippen LogP contribution in [-0.4, -0.2) is 44.8 Å². The molecule has 0 radical (unpaired) electrons. The van der Waals surface area contributed by atoms with Crippen molar-refractivity contribution in [3.63, 3.8) is 0 Å². The van der Waals surface area contributed by atoms with Gasteiger partial charge in [0.25, 0.3) is 0 Å². The number of carbonyl (C=O) groups excluding carboxylic acids is 2. The van der Waals surface area contributed by atoms with Gasteiger partial charge in [-0.2, -0.15) is 0 Å². The lowest BCUT2D eigenvalue weighted by atomic mass is 10.1. The monoisotopic (exact) mass is 346 g/mol. The molecule has 0 fully saturated rings. The van der Waals surface area contributed by atoms with E-state index in [0.717, 1.165) is 0 Å². The Balaban J connectivity index is 2.25. The number of methoxy groups -OCH3 is 3. The highest BCUT2D eigenvalue weighted by atomic mass is 16.5. The summed E-state index contributed by atoms with van der Waals surface area (Å²) in [5.41, 5.74) is 0.166. The fourth-order valence-corrected chi connectivity index (χ4v) is 2.24. The van der Waals surface area contributed by atoms with Crippen molar-refractivity contribution in [1.29, 1.82) is 0 Å². The minimum atomic E-state index is -0.645. The number of ether oxygens (including phenoxy) is 4. The Morgan fingerprint density at radius 1 is 0.960 bits per heavy atom. The van der Waals surface area contributed by atoms with E-state index in [1.54, 1.807) is 30.3 Å². The number of rotatable bonds is 7. The molecule has 0 amide bonds. The molecule has 2 aromatic rings. The second kappa shape index (κ2) is 8.05. The van der Waals surface area contributed by atoms with Crippen LogP contribution in [0.15, 0.2) is 36.4 Å². The predicted octanol–water partition coefficient (Wildman–Crippen LogP) is 2.46. The van der Waals surface area contributed by atoms with Crippen molar-refractivity contribution in [2.75, 3.05) is 27.9 Å². The van der Waals surface area contributed by atoms with Crippen molar-refractivity contribution in [1.82, 2.24) is 0 Å². The van der Waals surface area contributed by atoms with E-state index in [4.69, 9.17) is 18.9 Å². The van der Waals surface area contributed by atoms with Crippen LogP contribution >= 0.6 is 0 Å². The molecule has 132 valence electrons. The molecule has 0 saturated carbocycles. The topological polar surface area (TPSA) is 91.3 Å². The second-order valence-electron chi connectivity index (χ2n) is 4.90. The van der Waals surface area contributed by atoms with E-state index in [1.807, 2.05) is 0 Å². The first-order valence-corrected chi connectivity index (χ1v) is 7.30. The summed E-state index contributed by atoms with van der Waals surface area (Å²) in [5, 5.41) is 10.3. The summed E-state index contributed by atoms with van der Waals surface area (Å²) in [5.74, 6) is -1.46. The highest BCUT2D eigenvalue weighted by Crippen LogP contribution is 2.44. The highest BCUT2D eigenvalue weighted by molar-refractivity contribution is 6.04. The van der Waals surface area contributed by atoms with Crippen molar-refractivity contribution in [3.05, 3.63) is 47.5 Å². The average molecular weight is 346 g/mol. The van der Waals surface area contributed by atoms with Gasteiger partial charge < -0.3 is 24.1 Å². The summed E-state index contributed by atoms with van der Waals surface area (Å²) < 4.78 is 20.3. The normalized spacial score (nSPS) is 10.0. The molecule has 0 saturated heterocycles. The molecule has 0 aliphatic carbocycles. The fraction of sp³-hybridized carbons (Fsp3) is 0.222. The molecule has 1 N–H and O–H groups in total. The van der Waals surface area contributed by atoms with Crippen LogP contribution in [0.1, 0.15) is 20.7 Å². The number of aromatic hydroxyl groups is 1. The maximum absolute atomic E-state index is 12.4. The summed E-state index contributed by atoms with van der Waals surface area (Å²) in [4.78, 5) is 24.4. The summed E-state index contributed by atoms with van der Waals surface area (Å²) in [7, 11) is 4.06. The van der Waals surface area contributed by atoms with Crippen LogP contribution in [0.5, 0.6) is 23.0 Å². The Labute approximate surface area is 144 Å². The zero-order chi connectivity index (χ0) is 18.4. The first-order valence-electron chi connectivity index (χ1n) is 7.30. The highest BCUT2D eigenvalue weighted by Gasteiger charge is 2.26. The third kappa shape index (κ3) is 3.82. The van der Waals surface area contributed by atoms with E-state index >= 15 is 0 Å².